The van der Waals surface area contributed by atoms with E-state index < -0.39 is 0 Å². The number of carbonyl (C=O) groups is 1. The molecule has 1 aromatic heterocycles. The molecular weight excluding hydrogens is 312 g/mol. The number of likely N-dealkylation sites (tertiary alicyclic amines) is 1. The lowest BCUT2D eigenvalue weighted by molar-refractivity contribution is -0.154. The Kier molecular flexibility index (Phi) is 4.54. The molecule has 3 heterocycles. The molecule has 5 heteroatoms. The van der Waals surface area contributed by atoms with E-state index >= 15 is 0 Å². The van der Waals surface area contributed by atoms with Crippen LogP contribution in [0.4, 0.5) is 0 Å². The van der Waals surface area contributed by atoms with E-state index in [9.17, 15) is 4.79 Å². The number of rotatable bonds is 4. The van der Waals surface area contributed by atoms with Gasteiger partial charge in [0.15, 0.2) is 0 Å². The van der Waals surface area contributed by atoms with Crippen LogP contribution in [0.1, 0.15) is 37.1 Å². The number of hydrogen-bond acceptors (Lipinski definition) is 4. The minimum Gasteiger partial charge on any atom is -0.343 e. The van der Waals surface area contributed by atoms with Gasteiger partial charge < -0.3 is 4.90 Å². The van der Waals surface area contributed by atoms with Crippen molar-refractivity contribution >= 4 is 5.91 Å². The molecular formula is C20H30N4O. The van der Waals surface area contributed by atoms with Gasteiger partial charge in [0, 0.05) is 52.0 Å². The first-order valence-corrected chi connectivity index (χ1v) is 9.72. The second kappa shape index (κ2) is 6.69. The van der Waals surface area contributed by atoms with Crippen molar-refractivity contribution in [1.82, 2.24) is 19.7 Å². The molecule has 1 amide bonds. The third kappa shape index (κ3) is 3.44. The molecule has 0 aromatic carbocycles. The normalized spacial score (nSPS) is 24.9. The van der Waals surface area contributed by atoms with Crippen LogP contribution in [-0.2, 0) is 11.3 Å². The molecule has 1 spiro atoms. The van der Waals surface area contributed by atoms with E-state index in [1.165, 1.54) is 12.8 Å². The van der Waals surface area contributed by atoms with Crippen molar-refractivity contribution in [3.63, 3.8) is 0 Å². The zero-order valence-electron chi connectivity index (χ0n) is 15.6. The molecule has 1 aromatic rings. The summed E-state index contributed by atoms with van der Waals surface area (Å²) in [7, 11) is 1.97. The number of pyridine rings is 1. The second-order valence-electron chi connectivity index (χ2n) is 8.19. The zero-order chi connectivity index (χ0) is 17.4. The zero-order valence-corrected chi connectivity index (χ0v) is 15.6. The van der Waals surface area contributed by atoms with Gasteiger partial charge in [-0.2, -0.15) is 0 Å². The van der Waals surface area contributed by atoms with Crippen molar-refractivity contribution < 1.29 is 4.79 Å². The number of amides is 1. The average Bonchev–Trinajstić information content (AvgIpc) is 3.42. The van der Waals surface area contributed by atoms with Gasteiger partial charge in [0.2, 0.25) is 5.91 Å². The number of aryl methyl sites for hydroxylation is 1. The van der Waals surface area contributed by atoms with Crippen LogP contribution in [0.25, 0.3) is 0 Å². The van der Waals surface area contributed by atoms with Gasteiger partial charge in [-0.1, -0.05) is 6.07 Å². The molecule has 0 bridgehead atoms. The first-order chi connectivity index (χ1) is 12.1. The Hall–Kier alpha value is -1.46. The molecule has 1 aliphatic carbocycles. The molecule has 3 fully saturated rings. The van der Waals surface area contributed by atoms with Crippen molar-refractivity contribution in [2.24, 2.45) is 5.92 Å². The van der Waals surface area contributed by atoms with E-state index in [4.69, 9.17) is 0 Å². The Balaban J connectivity index is 1.44. The van der Waals surface area contributed by atoms with E-state index in [0.717, 1.165) is 69.4 Å². The van der Waals surface area contributed by atoms with Gasteiger partial charge >= 0.3 is 0 Å². The molecule has 0 N–H and O–H groups in total. The SMILES string of the molecule is Cc1cccc(CN2CCC3(CC2)C(=O)N(C)CCN3CC2CC2)n1. The summed E-state index contributed by atoms with van der Waals surface area (Å²) < 4.78 is 0. The number of nitrogens with zero attached hydrogens (tertiary/aromatic N) is 4. The van der Waals surface area contributed by atoms with E-state index in [1.807, 2.05) is 24.9 Å². The minimum absolute atomic E-state index is 0.244. The van der Waals surface area contributed by atoms with Crippen molar-refractivity contribution in [1.29, 1.82) is 0 Å². The predicted molar refractivity (Wildman–Crippen MR) is 98.2 cm³/mol. The summed E-state index contributed by atoms with van der Waals surface area (Å²) in [6, 6.07) is 6.23. The summed E-state index contributed by atoms with van der Waals surface area (Å²) in [4.78, 5) is 24.7. The van der Waals surface area contributed by atoms with E-state index in [2.05, 4.69) is 26.9 Å². The molecule has 0 radical (unpaired) electrons. The van der Waals surface area contributed by atoms with Crippen molar-refractivity contribution in [3.05, 3.63) is 29.6 Å². The number of piperazine rings is 1. The predicted octanol–water partition coefficient (Wildman–Crippen LogP) is 1.91. The number of carbonyl (C=O) groups excluding carboxylic acids is 1. The Morgan fingerprint density at radius 1 is 1.16 bits per heavy atom. The van der Waals surface area contributed by atoms with E-state index in [0.29, 0.717) is 5.91 Å². The lowest BCUT2D eigenvalue weighted by Crippen LogP contribution is -2.68. The smallest absolute Gasteiger partial charge is 0.242 e. The van der Waals surface area contributed by atoms with Crippen LogP contribution < -0.4 is 0 Å². The van der Waals surface area contributed by atoms with Gasteiger partial charge in [-0.05, 0) is 50.7 Å². The maximum Gasteiger partial charge on any atom is 0.242 e. The molecule has 25 heavy (non-hydrogen) atoms. The summed E-state index contributed by atoms with van der Waals surface area (Å²) >= 11 is 0. The molecule has 4 rings (SSSR count). The monoisotopic (exact) mass is 342 g/mol. The highest BCUT2D eigenvalue weighted by atomic mass is 16.2. The molecule has 2 saturated heterocycles. The highest BCUT2D eigenvalue weighted by molar-refractivity contribution is 5.87. The summed E-state index contributed by atoms with van der Waals surface area (Å²) in [5, 5.41) is 0. The maximum atomic E-state index is 13.1. The second-order valence-corrected chi connectivity index (χ2v) is 8.19. The Bertz CT molecular complexity index is 634. The van der Waals surface area contributed by atoms with Gasteiger partial charge in [0.25, 0.3) is 0 Å². The number of hydrogen-bond donors (Lipinski definition) is 0. The molecule has 0 unspecified atom stereocenters. The Morgan fingerprint density at radius 2 is 1.92 bits per heavy atom. The molecule has 5 nitrogen and oxygen atoms in total. The van der Waals surface area contributed by atoms with Gasteiger partial charge in [0.1, 0.15) is 5.54 Å². The topological polar surface area (TPSA) is 39.7 Å². The van der Waals surface area contributed by atoms with Gasteiger partial charge in [-0.15, -0.1) is 0 Å². The van der Waals surface area contributed by atoms with Crippen LogP contribution in [0, 0.1) is 12.8 Å². The summed E-state index contributed by atoms with van der Waals surface area (Å²) in [5.41, 5.74) is 1.97. The first kappa shape index (κ1) is 17.0. The van der Waals surface area contributed by atoms with Gasteiger partial charge in [0.05, 0.1) is 5.69 Å². The lowest BCUT2D eigenvalue weighted by Gasteiger charge is -2.52. The summed E-state index contributed by atoms with van der Waals surface area (Å²) in [6.07, 6.45) is 4.60. The van der Waals surface area contributed by atoms with Crippen molar-refractivity contribution in [2.45, 2.75) is 44.7 Å². The average molecular weight is 342 g/mol. The van der Waals surface area contributed by atoms with Crippen LogP contribution >= 0.6 is 0 Å². The highest BCUT2D eigenvalue weighted by Gasteiger charge is 2.50. The van der Waals surface area contributed by atoms with Crippen LogP contribution in [0.15, 0.2) is 18.2 Å². The summed E-state index contributed by atoms with van der Waals surface area (Å²) in [6.45, 7) is 7.94. The fraction of sp³-hybridized carbons (Fsp3) is 0.700. The minimum atomic E-state index is -0.244. The fourth-order valence-electron chi connectivity index (χ4n) is 4.48. The van der Waals surface area contributed by atoms with Crippen LogP contribution in [0.5, 0.6) is 0 Å². The van der Waals surface area contributed by atoms with E-state index in [1.54, 1.807) is 0 Å². The maximum absolute atomic E-state index is 13.1. The lowest BCUT2D eigenvalue weighted by atomic mass is 9.82. The standard InChI is InChI=1S/C20H30N4O/c1-16-4-3-5-18(21-16)15-23-10-8-20(9-11-23)19(25)22(2)12-13-24(20)14-17-6-7-17/h3-5,17H,6-15H2,1-2H3. The molecule has 3 aliphatic rings. The first-order valence-electron chi connectivity index (χ1n) is 9.72. The van der Waals surface area contributed by atoms with Gasteiger partial charge in [-0.3, -0.25) is 19.6 Å². The van der Waals surface area contributed by atoms with E-state index in [-0.39, 0.29) is 5.54 Å². The summed E-state index contributed by atoms with van der Waals surface area (Å²) in [5.74, 6) is 1.19. The van der Waals surface area contributed by atoms with Crippen LogP contribution in [0.3, 0.4) is 0 Å². The van der Waals surface area contributed by atoms with Crippen molar-refractivity contribution in [3.8, 4) is 0 Å². The fourth-order valence-corrected chi connectivity index (χ4v) is 4.48. The third-order valence-electron chi connectivity index (χ3n) is 6.25. The Morgan fingerprint density at radius 3 is 2.60 bits per heavy atom. The third-order valence-corrected chi connectivity index (χ3v) is 6.25. The van der Waals surface area contributed by atoms with Crippen molar-refractivity contribution in [2.75, 3.05) is 39.8 Å². The molecule has 136 valence electrons. The molecule has 1 saturated carbocycles. The van der Waals surface area contributed by atoms with Crippen LogP contribution in [-0.4, -0.2) is 70.9 Å². The van der Waals surface area contributed by atoms with Gasteiger partial charge in [-0.25, -0.2) is 0 Å². The van der Waals surface area contributed by atoms with Crippen LogP contribution in [0.2, 0.25) is 0 Å². The number of piperidine rings is 1. The quantitative estimate of drug-likeness (QED) is 0.838. The number of likely N-dealkylation sites (N-methyl/N-ethyl adjacent to an activating group) is 1. The highest BCUT2D eigenvalue weighted by Crippen LogP contribution is 2.38. The molecule has 2 aliphatic heterocycles. The Labute approximate surface area is 151 Å². The number of aromatic nitrogens is 1. The molecule has 0 atom stereocenters. The largest absolute Gasteiger partial charge is 0.343 e.